The lowest BCUT2D eigenvalue weighted by Gasteiger charge is -2.37. The zero-order chi connectivity index (χ0) is 40.6. The van der Waals surface area contributed by atoms with Gasteiger partial charge in [0.1, 0.15) is 0 Å². The predicted molar refractivity (Wildman–Crippen MR) is 252 cm³/mol. The fraction of sp³-hybridized carbons (Fsp3) is 0.871. The first kappa shape index (κ1) is 38.0. The van der Waals surface area contributed by atoms with Gasteiger partial charge in [-0.25, -0.2) is 0 Å². The molecule has 16 aliphatic carbocycles. The van der Waals surface area contributed by atoms with E-state index >= 15 is 0 Å². The molecule has 0 amide bonds. The summed E-state index contributed by atoms with van der Waals surface area (Å²) < 4.78 is 0. The van der Waals surface area contributed by atoms with Crippen LogP contribution in [0.3, 0.4) is 0 Å². The Kier molecular flexibility index (Phi) is 8.18. The Bertz CT molecular complexity index is 1910. The highest BCUT2D eigenvalue weighted by Gasteiger charge is 2.70. The second-order valence-electron chi connectivity index (χ2n) is 28.6. The van der Waals surface area contributed by atoms with Crippen molar-refractivity contribution in [2.75, 3.05) is 0 Å². The molecule has 16 rings (SSSR count). The molecular weight excluding hydrogens is 745 g/mol. The zero-order valence-electron chi connectivity index (χ0n) is 39.2. The molecule has 0 N–H and O–H groups in total. The van der Waals surface area contributed by atoms with Crippen LogP contribution in [0, 0.1) is 201 Å². The maximum absolute atomic E-state index is 4.49. The molecule has 62 heavy (non-hydrogen) atoms. The van der Waals surface area contributed by atoms with Gasteiger partial charge in [-0.2, -0.15) is 0 Å². The summed E-state index contributed by atoms with van der Waals surface area (Å²) in [6.07, 6.45) is 44.8. The summed E-state index contributed by atoms with van der Waals surface area (Å²) in [6, 6.07) is 0. The van der Waals surface area contributed by atoms with Crippen LogP contribution in [0.1, 0.15) is 129 Å². The monoisotopic (exact) mass is 831 g/mol. The van der Waals surface area contributed by atoms with Crippen molar-refractivity contribution in [3.05, 3.63) is 49.6 Å². The van der Waals surface area contributed by atoms with Gasteiger partial charge in [0.05, 0.1) is 0 Å². The average molecular weight is 831 g/mol. The molecule has 0 heteroatoms. The van der Waals surface area contributed by atoms with Crippen molar-refractivity contribution in [3.63, 3.8) is 0 Å². The first-order valence-electron chi connectivity index (χ1n) is 29.0. The first-order chi connectivity index (χ1) is 30.5. The molecule has 0 radical (unpaired) electrons. The Balaban J connectivity index is 0.665. The van der Waals surface area contributed by atoms with E-state index in [0.29, 0.717) is 0 Å². The molecule has 334 valence electrons. The van der Waals surface area contributed by atoms with Crippen LogP contribution >= 0.6 is 0 Å². The molecule has 0 spiro atoms. The summed E-state index contributed by atoms with van der Waals surface area (Å²) in [5, 5.41) is 0. The van der Waals surface area contributed by atoms with Crippen molar-refractivity contribution in [1.82, 2.24) is 0 Å². The van der Waals surface area contributed by atoms with Gasteiger partial charge in [0.15, 0.2) is 0 Å². The Labute approximate surface area is 378 Å². The Morgan fingerprint density at radius 2 is 0.677 bits per heavy atom. The highest BCUT2D eigenvalue weighted by molar-refractivity contribution is 5.23. The maximum Gasteiger partial charge on any atom is -0.0197 e. The van der Waals surface area contributed by atoms with Gasteiger partial charge < -0.3 is 0 Å². The second kappa shape index (κ2) is 13.3. The first-order valence-corrected chi connectivity index (χ1v) is 29.0. The summed E-state index contributed by atoms with van der Waals surface area (Å²) in [5.41, 5.74) is 0. The smallest absolute Gasteiger partial charge is 0.0197 e. The van der Waals surface area contributed by atoms with Crippen LogP contribution < -0.4 is 0 Å². The van der Waals surface area contributed by atoms with Gasteiger partial charge >= 0.3 is 0 Å². The third kappa shape index (κ3) is 5.11. The molecule has 0 aromatic carbocycles. The minimum Gasteiger partial charge on any atom is -0.103 e. The van der Waals surface area contributed by atoms with Crippen molar-refractivity contribution < 1.29 is 0 Å². The van der Waals surface area contributed by atoms with Gasteiger partial charge in [-0.3, -0.25) is 0 Å². The van der Waals surface area contributed by atoms with Crippen LogP contribution in [0.4, 0.5) is 0 Å². The minimum absolute atomic E-state index is 0.816. The van der Waals surface area contributed by atoms with Crippen LogP contribution in [0.2, 0.25) is 0 Å². The molecule has 8 bridgehead atoms. The Hall–Kier alpha value is -1.04. The summed E-state index contributed by atoms with van der Waals surface area (Å²) in [6.45, 7) is 13.9. The third-order valence-corrected chi connectivity index (χ3v) is 27.2. The molecule has 0 aromatic heterocycles. The van der Waals surface area contributed by atoms with Crippen molar-refractivity contribution in [2.45, 2.75) is 129 Å². The fourth-order valence-electron chi connectivity index (χ4n) is 25.9. The van der Waals surface area contributed by atoms with E-state index in [1.165, 1.54) is 31.6 Å². The van der Waals surface area contributed by atoms with Crippen molar-refractivity contribution in [2.24, 2.45) is 201 Å². The molecule has 0 aromatic rings. The molecule has 32 atom stereocenters. The molecule has 0 heterocycles. The molecule has 16 saturated carbocycles. The topological polar surface area (TPSA) is 0 Å². The number of fused-ring (bicyclic) bond motifs is 20. The van der Waals surface area contributed by atoms with E-state index in [0.717, 1.165) is 195 Å². The maximum atomic E-state index is 4.49. The van der Waals surface area contributed by atoms with Gasteiger partial charge in [-0.1, -0.05) is 43.4 Å². The summed E-state index contributed by atoms with van der Waals surface area (Å²) in [7, 11) is 0. The fourth-order valence-corrected chi connectivity index (χ4v) is 25.9. The quantitative estimate of drug-likeness (QED) is 0.182. The Morgan fingerprint density at radius 1 is 0.290 bits per heavy atom. The van der Waals surface area contributed by atoms with E-state index in [2.05, 4.69) is 63.5 Å². The van der Waals surface area contributed by atoms with Gasteiger partial charge in [0, 0.05) is 0 Å². The average Bonchev–Trinajstić information content (AvgIpc) is 4.12. The number of hydrogen-bond acceptors (Lipinski definition) is 0. The van der Waals surface area contributed by atoms with Gasteiger partial charge in [-0.05, 0) is 324 Å². The van der Waals surface area contributed by atoms with Crippen LogP contribution in [0.15, 0.2) is 49.6 Å². The second-order valence-corrected chi connectivity index (χ2v) is 28.6. The van der Waals surface area contributed by atoms with Gasteiger partial charge in [0.2, 0.25) is 0 Å². The van der Waals surface area contributed by atoms with Crippen molar-refractivity contribution in [1.29, 1.82) is 0 Å². The van der Waals surface area contributed by atoms with E-state index < -0.39 is 0 Å². The summed E-state index contributed by atoms with van der Waals surface area (Å²) in [5.74, 6) is 35.7. The summed E-state index contributed by atoms with van der Waals surface area (Å²) >= 11 is 0. The SMILES string of the molecule is C=CC1CC2CC1C1C(C=CC)CC(C3CC3C3CC(C=CC4CC(C5CC5C5CC(C)C6C7CC(C8CC8)C(C7)C56)C5C6CC(C7CC7)C(C6)C45)C4C5CC(C=C)C(C5)C34)C21. The van der Waals surface area contributed by atoms with E-state index in [9.17, 15) is 0 Å². The van der Waals surface area contributed by atoms with Crippen LogP contribution in [-0.2, 0) is 0 Å². The lowest BCUT2D eigenvalue weighted by molar-refractivity contribution is 0.106. The standard InChI is InChI=1S/C62H86/c1-5-8-34-18-52(59-38-17-30(6-2)43(24-38)57(34)59)47-28-48(47)54-19-35(56-37-16-31(7-3)44(23-37)61(54)56)13-14-36-20-53(60-40-22-41(32-9-10-32)50(26-40)58(36)60)46-27-45(46)49-15-29(4)55-39-21-42(33-11-12-33)51(25-39)62(49)55/h5-8,13-14,29-62H,2-3,9-12,15-28H2,1,4H3. The molecule has 0 nitrogen and oxygen atoms in total. The highest BCUT2D eigenvalue weighted by Crippen LogP contribution is 2.77. The van der Waals surface area contributed by atoms with Crippen LogP contribution in [0.5, 0.6) is 0 Å². The zero-order valence-corrected chi connectivity index (χ0v) is 39.2. The molecule has 0 aliphatic heterocycles. The van der Waals surface area contributed by atoms with Crippen molar-refractivity contribution >= 4 is 0 Å². The van der Waals surface area contributed by atoms with E-state index in [4.69, 9.17) is 0 Å². The number of allylic oxidation sites excluding steroid dienone is 6. The minimum atomic E-state index is 0.816. The van der Waals surface area contributed by atoms with E-state index in [-0.39, 0.29) is 0 Å². The van der Waals surface area contributed by atoms with Crippen LogP contribution in [0.25, 0.3) is 0 Å². The van der Waals surface area contributed by atoms with Gasteiger partial charge in [-0.15, -0.1) is 13.2 Å². The molecule has 32 unspecified atom stereocenters. The molecule has 16 fully saturated rings. The summed E-state index contributed by atoms with van der Waals surface area (Å²) in [4.78, 5) is 0. The van der Waals surface area contributed by atoms with Crippen molar-refractivity contribution in [3.8, 4) is 0 Å². The third-order valence-electron chi connectivity index (χ3n) is 27.2. The largest absolute Gasteiger partial charge is 0.103 e. The molecule has 16 aliphatic rings. The predicted octanol–water partition coefficient (Wildman–Crippen LogP) is 14.7. The van der Waals surface area contributed by atoms with Gasteiger partial charge in [0.25, 0.3) is 0 Å². The Morgan fingerprint density at radius 3 is 1.24 bits per heavy atom. The van der Waals surface area contributed by atoms with Crippen LogP contribution in [-0.4, -0.2) is 0 Å². The molecular formula is C62H86. The normalized spacial score (nSPS) is 65.9. The van der Waals surface area contributed by atoms with E-state index in [1.807, 2.05) is 0 Å². The lowest BCUT2D eigenvalue weighted by Crippen LogP contribution is -2.32. The number of rotatable bonds is 11. The highest BCUT2D eigenvalue weighted by atomic mass is 14.8. The lowest BCUT2D eigenvalue weighted by atomic mass is 9.68. The van der Waals surface area contributed by atoms with E-state index in [1.54, 1.807) is 89.9 Å². The number of hydrogen-bond donors (Lipinski definition) is 0. The molecule has 0 saturated heterocycles.